The molecule has 1 unspecified atom stereocenters. The molecule has 0 amide bonds. The van der Waals surface area contributed by atoms with Gasteiger partial charge >= 0.3 is 0 Å². The Morgan fingerprint density at radius 1 is 1.23 bits per heavy atom. The number of carboxylic acid groups (broad SMARTS) is 1. The van der Waals surface area contributed by atoms with Crippen LogP contribution in [0.2, 0.25) is 0 Å². The van der Waals surface area contributed by atoms with Crippen LogP contribution >= 0.6 is 0 Å². The maximum atomic E-state index is 9.63. The van der Waals surface area contributed by atoms with Crippen LogP contribution < -0.4 is 0 Å². The van der Waals surface area contributed by atoms with Gasteiger partial charge in [-0.15, -0.1) is 0 Å². The number of hydrogen-bond donors (Lipinski definition) is 2. The van der Waals surface area contributed by atoms with Crippen molar-refractivity contribution in [2.75, 3.05) is 27.4 Å². The largest absolute Gasteiger partial charge is 0.481 e. The second-order valence-corrected chi connectivity index (χ2v) is 7.18. The van der Waals surface area contributed by atoms with Crippen LogP contribution in [-0.4, -0.2) is 71.7 Å². The molecule has 6 nitrogen and oxygen atoms in total. The first kappa shape index (κ1) is 21.3. The summed E-state index contributed by atoms with van der Waals surface area (Å²) in [7, 11) is 3.76. The molecule has 1 atom stereocenters. The number of piperidine rings is 1. The molecule has 0 aromatic heterocycles. The minimum atomic E-state index is -0.833. The van der Waals surface area contributed by atoms with E-state index in [9.17, 15) is 5.11 Å². The number of methoxy groups -OCH3 is 1. The maximum absolute atomic E-state index is 9.63. The van der Waals surface area contributed by atoms with Crippen LogP contribution in [0, 0.1) is 0 Å². The predicted octanol–water partition coefficient (Wildman–Crippen LogP) is 1.75. The Morgan fingerprint density at radius 2 is 1.64 bits per heavy atom. The summed E-state index contributed by atoms with van der Waals surface area (Å²) in [5, 5.41) is 17.0. The summed E-state index contributed by atoms with van der Waals surface area (Å²) < 4.78 is 10.8. The van der Waals surface area contributed by atoms with Crippen molar-refractivity contribution in [1.82, 2.24) is 4.90 Å². The lowest BCUT2D eigenvalue weighted by Gasteiger charge is -2.53. The molecule has 0 saturated carbocycles. The van der Waals surface area contributed by atoms with Crippen molar-refractivity contribution in [1.29, 1.82) is 0 Å². The van der Waals surface area contributed by atoms with Gasteiger partial charge in [-0.2, -0.15) is 0 Å². The Morgan fingerprint density at radius 3 is 2.00 bits per heavy atom. The minimum Gasteiger partial charge on any atom is -0.481 e. The molecule has 0 spiro atoms. The van der Waals surface area contributed by atoms with E-state index >= 15 is 0 Å². The van der Waals surface area contributed by atoms with Crippen LogP contribution in [0.1, 0.15) is 47.5 Å². The molecule has 1 heterocycles. The van der Waals surface area contributed by atoms with Gasteiger partial charge in [0.05, 0.1) is 19.3 Å². The van der Waals surface area contributed by atoms with Crippen LogP contribution in [0.25, 0.3) is 0 Å². The molecule has 1 rings (SSSR count). The third kappa shape index (κ3) is 7.54. The number of aliphatic hydroxyl groups is 1. The first-order chi connectivity index (χ1) is 9.92. The van der Waals surface area contributed by atoms with Crippen molar-refractivity contribution < 1.29 is 24.5 Å². The highest BCUT2D eigenvalue weighted by molar-refractivity contribution is 5.62. The van der Waals surface area contributed by atoms with Gasteiger partial charge in [-0.05, 0) is 47.6 Å². The van der Waals surface area contributed by atoms with Crippen LogP contribution in [-0.2, 0) is 14.3 Å². The minimum absolute atomic E-state index is 0.124. The molecule has 1 aliphatic rings. The summed E-state index contributed by atoms with van der Waals surface area (Å²) >= 11 is 0. The van der Waals surface area contributed by atoms with E-state index in [1.807, 2.05) is 0 Å². The summed E-state index contributed by atoms with van der Waals surface area (Å²) in [6, 6.07) is 0. The lowest BCUT2D eigenvalue weighted by molar-refractivity contribution is -0.134. The van der Waals surface area contributed by atoms with Gasteiger partial charge in [0, 0.05) is 25.1 Å². The van der Waals surface area contributed by atoms with E-state index in [4.69, 9.17) is 19.4 Å². The zero-order chi connectivity index (χ0) is 17.6. The van der Waals surface area contributed by atoms with Gasteiger partial charge in [0.25, 0.3) is 5.97 Å². The van der Waals surface area contributed by atoms with Crippen LogP contribution in [0.15, 0.2) is 0 Å². The molecule has 2 N–H and O–H groups in total. The van der Waals surface area contributed by atoms with E-state index in [2.05, 4.69) is 39.6 Å². The van der Waals surface area contributed by atoms with Crippen molar-refractivity contribution in [2.45, 2.75) is 70.7 Å². The zero-order valence-corrected chi connectivity index (χ0v) is 15.0. The van der Waals surface area contributed by atoms with Crippen LogP contribution in [0.4, 0.5) is 0 Å². The van der Waals surface area contributed by atoms with Gasteiger partial charge in [0.15, 0.2) is 0 Å². The van der Waals surface area contributed by atoms with Gasteiger partial charge in [-0.1, -0.05) is 0 Å². The molecule has 0 bridgehead atoms. The van der Waals surface area contributed by atoms with Gasteiger partial charge < -0.3 is 19.7 Å². The number of ether oxygens (including phenoxy) is 2. The molecule has 132 valence electrons. The number of aliphatic hydroxyl groups excluding tert-OH is 1. The third-order valence-corrected chi connectivity index (χ3v) is 4.15. The molecule has 6 heteroatoms. The highest BCUT2D eigenvalue weighted by Crippen LogP contribution is 2.38. The van der Waals surface area contributed by atoms with Crippen molar-refractivity contribution in [2.24, 2.45) is 0 Å². The Kier molecular flexibility index (Phi) is 8.54. The van der Waals surface area contributed by atoms with Crippen LogP contribution in [0.5, 0.6) is 0 Å². The average Bonchev–Trinajstić information content (AvgIpc) is 2.32. The molecule has 0 radical (unpaired) electrons. The normalized spacial score (nSPS) is 22.5. The van der Waals surface area contributed by atoms with Crippen molar-refractivity contribution in [3.05, 3.63) is 0 Å². The molecule has 1 saturated heterocycles. The van der Waals surface area contributed by atoms with Crippen molar-refractivity contribution in [3.8, 4) is 0 Å². The number of likely N-dealkylation sites (tertiary alicyclic amines) is 1. The van der Waals surface area contributed by atoms with E-state index in [1.165, 1.54) is 0 Å². The first-order valence-electron chi connectivity index (χ1n) is 7.64. The third-order valence-electron chi connectivity index (χ3n) is 4.15. The van der Waals surface area contributed by atoms with Gasteiger partial charge in [-0.3, -0.25) is 9.69 Å². The fourth-order valence-electron chi connectivity index (χ4n) is 2.89. The van der Waals surface area contributed by atoms with E-state index < -0.39 is 12.1 Å². The van der Waals surface area contributed by atoms with E-state index in [1.54, 1.807) is 7.11 Å². The number of aliphatic carboxylic acids is 1. The Bertz CT molecular complexity index is 321. The number of carboxylic acids is 1. The Labute approximate surface area is 134 Å². The molecular formula is C16H33NO5. The summed E-state index contributed by atoms with van der Waals surface area (Å²) in [6.45, 7) is 10.8. The number of nitrogens with zero attached hydrogens (tertiary/aromatic N) is 1. The van der Waals surface area contributed by atoms with Gasteiger partial charge in [0.2, 0.25) is 0 Å². The molecular weight excluding hydrogens is 286 g/mol. The number of rotatable bonds is 5. The fraction of sp³-hybridized carbons (Fsp3) is 0.938. The lowest BCUT2D eigenvalue weighted by Crippen LogP contribution is -2.60. The summed E-state index contributed by atoms with van der Waals surface area (Å²) in [5.74, 6) is -0.833. The highest BCUT2D eigenvalue weighted by atomic mass is 16.5. The van der Waals surface area contributed by atoms with Crippen LogP contribution in [0.3, 0.4) is 0 Å². The smallest absolute Gasteiger partial charge is 0.300 e. The number of hydrogen-bond acceptors (Lipinski definition) is 5. The average molecular weight is 319 g/mol. The molecule has 0 aromatic rings. The van der Waals surface area contributed by atoms with Gasteiger partial charge in [-0.25, -0.2) is 0 Å². The van der Waals surface area contributed by atoms with E-state index in [0.717, 1.165) is 19.8 Å². The van der Waals surface area contributed by atoms with Gasteiger partial charge in [0.1, 0.15) is 6.10 Å². The molecule has 1 fully saturated rings. The second kappa shape index (κ2) is 8.82. The van der Waals surface area contributed by atoms with Crippen molar-refractivity contribution in [3.63, 3.8) is 0 Å². The SMILES string of the molecule is CC(=O)O.COCC(O)COC1CC(C)(C)N(C)C(C)(C)C1. The quantitative estimate of drug-likeness (QED) is 0.804. The van der Waals surface area contributed by atoms with E-state index in [0.29, 0.717) is 13.2 Å². The van der Waals surface area contributed by atoms with Crippen molar-refractivity contribution >= 4 is 5.97 Å². The Balaban J connectivity index is 0.000000980. The highest BCUT2D eigenvalue weighted by Gasteiger charge is 2.43. The second-order valence-electron chi connectivity index (χ2n) is 7.18. The molecule has 22 heavy (non-hydrogen) atoms. The summed E-state index contributed by atoms with van der Waals surface area (Å²) in [6.07, 6.45) is 1.66. The number of carbonyl (C=O) groups is 1. The zero-order valence-electron chi connectivity index (χ0n) is 15.0. The molecule has 0 aliphatic carbocycles. The summed E-state index contributed by atoms with van der Waals surface area (Å²) in [5.41, 5.74) is 0.247. The fourth-order valence-corrected chi connectivity index (χ4v) is 2.89. The molecule has 1 aliphatic heterocycles. The first-order valence-corrected chi connectivity index (χ1v) is 7.64. The standard InChI is InChI=1S/C14H29NO3.C2H4O2/c1-13(2)7-12(8-14(3,4)15(13)5)18-10-11(16)9-17-6;1-2(3)4/h11-12,16H,7-10H2,1-6H3;1H3,(H,3,4). The monoisotopic (exact) mass is 319 g/mol. The summed E-state index contributed by atoms with van der Waals surface area (Å²) in [4.78, 5) is 11.4. The Hall–Kier alpha value is -0.690. The lowest BCUT2D eigenvalue weighted by atomic mass is 9.79. The topological polar surface area (TPSA) is 79.2 Å². The maximum Gasteiger partial charge on any atom is 0.300 e. The molecule has 0 aromatic carbocycles. The van der Waals surface area contributed by atoms with E-state index in [-0.39, 0.29) is 17.2 Å². The predicted molar refractivity (Wildman–Crippen MR) is 86.1 cm³/mol.